The van der Waals surface area contributed by atoms with Crippen LogP contribution in [0.5, 0.6) is 0 Å². The van der Waals surface area contributed by atoms with Crippen LogP contribution in [-0.4, -0.2) is 71.6 Å². The van der Waals surface area contributed by atoms with E-state index in [2.05, 4.69) is 5.32 Å². The van der Waals surface area contributed by atoms with Crippen molar-refractivity contribution >= 4 is 29.5 Å². The predicted octanol–water partition coefficient (Wildman–Crippen LogP) is 1.16. The summed E-state index contributed by atoms with van der Waals surface area (Å²) in [5.41, 5.74) is 1.46. The van der Waals surface area contributed by atoms with Gasteiger partial charge in [-0.15, -0.1) is 0 Å². The summed E-state index contributed by atoms with van der Waals surface area (Å²) in [4.78, 5) is 38.0. The van der Waals surface area contributed by atoms with E-state index in [4.69, 9.17) is 9.84 Å². The lowest BCUT2D eigenvalue weighted by atomic mass is 10.1. The fourth-order valence-corrected chi connectivity index (χ4v) is 3.21. The Balaban J connectivity index is 2.09. The highest BCUT2D eigenvalue weighted by Crippen LogP contribution is 2.12. The predicted molar refractivity (Wildman–Crippen MR) is 99.4 cm³/mol. The van der Waals surface area contributed by atoms with Crippen LogP contribution in [0.25, 0.3) is 0 Å². The summed E-state index contributed by atoms with van der Waals surface area (Å²) >= 11 is 1.58. The van der Waals surface area contributed by atoms with Crippen LogP contribution in [0.1, 0.15) is 22.3 Å². The molecular formula is C18H24N2O5S. The number of morpholine rings is 1. The Hall–Kier alpha value is -2.06. The molecule has 26 heavy (non-hydrogen) atoms. The number of aliphatic carboxylic acids is 1. The molecule has 2 amide bonds. The van der Waals surface area contributed by atoms with Gasteiger partial charge in [0.05, 0.1) is 13.2 Å². The molecule has 1 aliphatic rings. The molecule has 1 saturated heterocycles. The third-order valence-corrected chi connectivity index (χ3v) is 4.79. The lowest BCUT2D eigenvalue weighted by Gasteiger charge is -2.33. The summed E-state index contributed by atoms with van der Waals surface area (Å²) in [5.74, 6) is -0.963. The Morgan fingerprint density at radius 2 is 2.19 bits per heavy atom. The van der Waals surface area contributed by atoms with E-state index in [1.165, 1.54) is 4.90 Å². The third-order valence-electron chi connectivity index (χ3n) is 4.15. The van der Waals surface area contributed by atoms with Gasteiger partial charge in [-0.3, -0.25) is 9.59 Å². The van der Waals surface area contributed by atoms with E-state index in [1.807, 2.05) is 19.2 Å². The Morgan fingerprint density at radius 3 is 2.85 bits per heavy atom. The lowest BCUT2D eigenvalue weighted by Crippen LogP contribution is -2.55. The van der Waals surface area contributed by atoms with E-state index in [9.17, 15) is 14.4 Å². The number of rotatable bonds is 7. The summed E-state index contributed by atoms with van der Waals surface area (Å²) in [6.07, 6.45) is 1.38. The van der Waals surface area contributed by atoms with Gasteiger partial charge in [0.15, 0.2) is 6.10 Å². The molecule has 1 fully saturated rings. The Kier molecular flexibility index (Phi) is 7.47. The van der Waals surface area contributed by atoms with Gasteiger partial charge >= 0.3 is 5.97 Å². The second-order valence-electron chi connectivity index (χ2n) is 6.16. The van der Waals surface area contributed by atoms with Crippen LogP contribution in [0.2, 0.25) is 0 Å². The number of carboxylic acids is 1. The smallest absolute Gasteiger partial charge is 0.334 e. The van der Waals surface area contributed by atoms with Crippen molar-refractivity contribution in [2.45, 2.75) is 25.5 Å². The van der Waals surface area contributed by atoms with Crippen molar-refractivity contribution in [3.05, 3.63) is 35.4 Å². The van der Waals surface area contributed by atoms with Crippen molar-refractivity contribution < 1.29 is 24.2 Å². The molecule has 1 heterocycles. The van der Waals surface area contributed by atoms with Gasteiger partial charge in [-0.1, -0.05) is 17.7 Å². The summed E-state index contributed by atoms with van der Waals surface area (Å²) in [6, 6.07) is 6.46. The lowest BCUT2D eigenvalue weighted by molar-refractivity contribution is -0.159. The van der Waals surface area contributed by atoms with Crippen LogP contribution in [0, 0.1) is 6.92 Å². The van der Waals surface area contributed by atoms with E-state index in [0.717, 1.165) is 5.56 Å². The normalized spacial score (nSPS) is 18.2. The summed E-state index contributed by atoms with van der Waals surface area (Å²) in [7, 11) is 0. The zero-order chi connectivity index (χ0) is 19.1. The number of hydrogen-bond donors (Lipinski definition) is 2. The molecule has 1 aliphatic heterocycles. The first-order valence-corrected chi connectivity index (χ1v) is 9.81. The molecule has 142 valence electrons. The van der Waals surface area contributed by atoms with Crippen LogP contribution in [-0.2, 0) is 14.3 Å². The number of hydrogen-bond acceptors (Lipinski definition) is 5. The maximum atomic E-state index is 12.9. The molecule has 2 N–H and O–H groups in total. The summed E-state index contributed by atoms with van der Waals surface area (Å²) in [5, 5.41) is 11.9. The molecule has 8 heteroatoms. The quantitative estimate of drug-likeness (QED) is 0.737. The molecule has 0 saturated carbocycles. The number of carboxylic acid groups (broad SMARTS) is 1. The molecular weight excluding hydrogens is 356 g/mol. The number of benzene rings is 1. The molecule has 1 aromatic rings. The van der Waals surface area contributed by atoms with E-state index >= 15 is 0 Å². The maximum absolute atomic E-state index is 12.9. The fourth-order valence-electron chi connectivity index (χ4n) is 2.74. The zero-order valence-corrected chi connectivity index (χ0v) is 15.8. The maximum Gasteiger partial charge on any atom is 0.334 e. The monoisotopic (exact) mass is 380 g/mol. The number of carbonyl (C=O) groups is 3. The van der Waals surface area contributed by atoms with Crippen LogP contribution in [0.3, 0.4) is 0 Å². The minimum atomic E-state index is -1.09. The second kappa shape index (κ2) is 9.59. The van der Waals surface area contributed by atoms with Gasteiger partial charge in [-0.05, 0) is 37.5 Å². The molecule has 7 nitrogen and oxygen atoms in total. The van der Waals surface area contributed by atoms with Crippen LogP contribution >= 0.6 is 11.8 Å². The van der Waals surface area contributed by atoms with Gasteiger partial charge in [0.25, 0.3) is 5.91 Å². The first-order chi connectivity index (χ1) is 12.4. The number of ether oxygens (including phenoxy) is 1. The van der Waals surface area contributed by atoms with E-state index in [1.54, 1.807) is 30.0 Å². The van der Waals surface area contributed by atoms with Gasteiger partial charge in [-0.2, -0.15) is 11.8 Å². The highest BCUT2D eigenvalue weighted by molar-refractivity contribution is 7.98. The molecule has 2 rings (SSSR count). The first kappa shape index (κ1) is 20.3. The standard InChI is InChI=1S/C18H24N2O5S/c1-12-4-3-5-13(10-12)16(21)19-14(6-9-26-2)17(22)20-7-8-25-15(11-20)18(23)24/h3-5,10,14-15H,6-9,11H2,1-2H3,(H,19,21)(H,23,24). The average molecular weight is 380 g/mol. The van der Waals surface area contributed by atoms with Gasteiger partial charge in [0.1, 0.15) is 6.04 Å². The highest BCUT2D eigenvalue weighted by Gasteiger charge is 2.33. The van der Waals surface area contributed by atoms with Gasteiger partial charge < -0.3 is 20.1 Å². The van der Waals surface area contributed by atoms with Crippen molar-refractivity contribution in [3.8, 4) is 0 Å². The van der Waals surface area contributed by atoms with Crippen LogP contribution < -0.4 is 5.32 Å². The van der Waals surface area contributed by atoms with E-state index in [0.29, 0.717) is 24.3 Å². The molecule has 0 bridgehead atoms. The Labute approximate surface area is 157 Å². The van der Waals surface area contributed by atoms with Crippen molar-refractivity contribution in [2.75, 3.05) is 31.7 Å². The fraction of sp³-hybridized carbons (Fsp3) is 0.500. The van der Waals surface area contributed by atoms with Gasteiger partial charge in [0, 0.05) is 12.1 Å². The van der Waals surface area contributed by atoms with Crippen LogP contribution in [0.15, 0.2) is 24.3 Å². The molecule has 0 radical (unpaired) electrons. The minimum absolute atomic E-state index is 0.00967. The average Bonchev–Trinajstić information content (AvgIpc) is 2.64. The van der Waals surface area contributed by atoms with Crippen molar-refractivity contribution in [3.63, 3.8) is 0 Å². The second-order valence-corrected chi connectivity index (χ2v) is 7.14. The molecule has 2 atom stereocenters. The highest BCUT2D eigenvalue weighted by atomic mass is 32.2. The van der Waals surface area contributed by atoms with E-state index in [-0.39, 0.29) is 25.0 Å². The zero-order valence-electron chi connectivity index (χ0n) is 14.9. The molecule has 1 aromatic carbocycles. The van der Waals surface area contributed by atoms with Crippen molar-refractivity contribution in [2.24, 2.45) is 0 Å². The number of nitrogens with zero attached hydrogens (tertiary/aromatic N) is 1. The van der Waals surface area contributed by atoms with Gasteiger partial charge in [0.2, 0.25) is 5.91 Å². The molecule has 0 aliphatic carbocycles. The van der Waals surface area contributed by atoms with E-state index < -0.39 is 18.1 Å². The number of amides is 2. The number of aryl methyl sites for hydroxylation is 1. The Bertz CT molecular complexity index is 667. The third kappa shape index (κ3) is 5.47. The summed E-state index contributed by atoms with van der Waals surface area (Å²) < 4.78 is 5.16. The SMILES string of the molecule is CSCCC(NC(=O)c1cccc(C)c1)C(=O)N1CCOC(C(=O)O)C1. The number of nitrogens with one attached hydrogen (secondary N) is 1. The van der Waals surface area contributed by atoms with Crippen molar-refractivity contribution in [1.82, 2.24) is 10.2 Å². The van der Waals surface area contributed by atoms with Crippen molar-refractivity contribution in [1.29, 1.82) is 0 Å². The number of carbonyl (C=O) groups excluding carboxylic acids is 2. The minimum Gasteiger partial charge on any atom is -0.479 e. The topological polar surface area (TPSA) is 95.9 Å². The van der Waals surface area contributed by atoms with Gasteiger partial charge in [-0.25, -0.2) is 4.79 Å². The molecule has 0 spiro atoms. The molecule has 2 unspecified atom stereocenters. The Morgan fingerprint density at radius 1 is 1.42 bits per heavy atom. The van der Waals surface area contributed by atoms with Crippen LogP contribution in [0.4, 0.5) is 0 Å². The number of thioether (sulfide) groups is 1. The summed E-state index contributed by atoms with van der Waals surface area (Å²) in [6.45, 7) is 2.37. The molecule has 0 aromatic heterocycles. The largest absolute Gasteiger partial charge is 0.479 e. The first-order valence-electron chi connectivity index (χ1n) is 8.42.